The summed E-state index contributed by atoms with van der Waals surface area (Å²) in [6.45, 7) is 6.19. The van der Waals surface area contributed by atoms with Crippen molar-refractivity contribution in [2.45, 2.75) is 39.8 Å². The number of methoxy groups -OCH3 is 2. The normalized spacial score (nSPS) is 11.7. The Hall–Kier alpha value is -6.24. The van der Waals surface area contributed by atoms with E-state index in [1.807, 2.05) is 71.7 Å². The van der Waals surface area contributed by atoms with Gasteiger partial charge in [0.1, 0.15) is 11.5 Å². The molecule has 0 aliphatic heterocycles. The molecule has 8 aromatic rings. The van der Waals surface area contributed by atoms with Crippen LogP contribution in [0.4, 0.5) is 10.3 Å². The number of unbranched alkanes of at least 4 members (excludes halogenated alkanes) is 1. The van der Waals surface area contributed by atoms with E-state index in [0.717, 1.165) is 81.3 Å². The molecule has 282 valence electrons. The molecule has 0 aliphatic rings. The predicted molar refractivity (Wildman–Crippen MR) is 233 cm³/mol. The number of nitrogens with zero attached hydrogens (tertiary/aromatic N) is 6. The number of thiazole rings is 2. The lowest BCUT2D eigenvalue weighted by atomic mass is 10.1. The number of fused-ring (bicyclic) bond motifs is 2. The van der Waals surface area contributed by atoms with Gasteiger partial charge in [-0.05, 0) is 87.4 Å². The van der Waals surface area contributed by atoms with E-state index in [1.165, 1.54) is 55.9 Å². The zero-order valence-electron chi connectivity index (χ0n) is 31.7. The van der Waals surface area contributed by atoms with Crippen LogP contribution in [0.1, 0.15) is 35.4 Å². The molecule has 12 heteroatoms. The number of hydrazone groups is 2. The molecule has 4 heterocycles. The molecule has 0 radical (unpaired) electrons. The summed E-state index contributed by atoms with van der Waals surface area (Å²) in [6, 6.07) is 33.0. The van der Waals surface area contributed by atoms with E-state index in [1.54, 1.807) is 14.2 Å². The van der Waals surface area contributed by atoms with Crippen molar-refractivity contribution in [3.8, 4) is 34.0 Å². The second kappa shape index (κ2) is 16.6. The largest absolute Gasteiger partial charge is 0.497 e. The molecule has 0 saturated heterocycles. The monoisotopic (exact) mass is 778 g/mol. The first kappa shape index (κ1) is 36.7. The van der Waals surface area contributed by atoms with Crippen molar-refractivity contribution in [1.82, 2.24) is 19.1 Å². The van der Waals surface area contributed by atoms with Crippen molar-refractivity contribution in [2.24, 2.45) is 10.2 Å². The molecule has 2 N–H and O–H groups in total. The molecule has 0 amide bonds. The molecule has 0 fully saturated rings. The SMILES string of the molecule is COc1ccc(-c2csc(N/N=C/c3c(C)n(CCCCn4c(C)c(/C=N/Nc5nc(-c6ccc(OC)cc6)cs5)c5ccccc54)c4ccccc34)n2)cc1. The van der Waals surface area contributed by atoms with Crippen LogP contribution in [0.15, 0.2) is 118 Å². The Morgan fingerprint density at radius 2 is 1.00 bits per heavy atom. The number of para-hydroxylation sites is 2. The number of benzene rings is 4. The standard InChI is InChI=1S/C44H42N8O2S2/c1-29-37(25-45-49-43-47-39(27-55-43)31-15-19-33(53-3)20-16-31)35-11-5-7-13-41(35)51(29)23-9-10-24-52-30(2)38(36-12-6-8-14-42(36)52)26-46-50-44-48-40(28-56-44)32-17-21-34(54-4)22-18-32/h5-8,11-22,25-28H,9-10,23-24H2,1-4H3,(H,47,49)(H,48,50)/b45-25+,46-26+. The van der Waals surface area contributed by atoms with E-state index in [2.05, 4.69) is 92.6 Å². The summed E-state index contributed by atoms with van der Waals surface area (Å²) in [5.41, 5.74) is 17.2. The molecule has 0 bridgehead atoms. The van der Waals surface area contributed by atoms with Gasteiger partial charge in [-0.3, -0.25) is 10.9 Å². The van der Waals surface area contributed by atoms with E-state index in [4.69, 9.17) is 19.4 Å². The molecule has 0 unspecified atom stereocenters. The van der Waals surface area contributed by atoms with Crippen molar-refractivity contribution < 1.29 is 9.47 Å². The highest BCUT2D eigenvalue weighted by Gasteiger charge is 2.15. The highest BCUT2D eigenvalue weighted by atomic mass is 32.1. The topological polar surface area (TPSA) is 103 Å². The Kier molecular flexibility index (Phi) is 10.9. The smallest absolute Gasteiger partial charge is 0.203 e. The van der Waals surface area contributed by atoms with Gasteiger partial charge >= 0.3 is 0 Å². The minimum Gasteiger partial charge on any atom is -0.497 e. The average molecular weight is 779 g/mol. The first-order valence-electron chi connectivity index (χ1n) is 18.4. The molecule has 4 aromatic heterocycles. The highest BCUT2D eigenvalue weighted by Crippen LogP contribution is 2.30. The Bertz CT molecular complexity index is 2470. The van der Waals surface area contributed by atoms with Crippen LogP contribution >= 0.6 is 22.7 Å². The second-order valence-electron chi connectivity index (χ2n) is 13.3. The lowest BCUT2D eigenvalue weighted by molar-refractivity contribution is 0.415. The number of ether oxygens (including phenoxy) is 2. The predicted octanol–water partition coefficient (Wildman–Crippen LogP) is 10.8. The van der Waals surface area contributed by atoms with Gasteiger partial charge in [0, 0.05) is 79.3 Å². The fourth-order valence-electron chi connectivity index (χ4n) is 7.10. The summed E-state index contributed by atoms with van der Waals surface area (Å²) >= 11 is 3.06. The number of rotatable bonds is 15. The Morgan fingerprint density at radius 3 is 1.41 bits per heavy atom. The van der Waals surface area contributed by atoms with Crippen molar-refractivity contribution in [3.63, 3.8) is 0 Å². The summed E-state index contributed by atoms with van der Waals surface area (Å²) in [5.74, 6) is 1.65. The number of hydrogen-bond donors (Lipinski definition) is 2. The number of aromatic nitrogens is 4. The van der Waals surface area contributed by atoms with Crippen LogP contribution in [0.25, 0.3) is 44.3 Å². The van der Waals surface area contributed by atoms with Crippen LogP contribution in [-0.2, 0) is 13.1 Å². The number of nitrogens with one attached hydrogen (secondary N) is 2. The molecule has 0 aliphatic carbocycles. The molecule has 0 saturated carbocycles. The lowest BCUT2D eigenvalue weighted by Crippen LogP contribution is -2.05. The fourth-order valence-corrected chi connectivity index (χ4v) is 8.44. The third-order valence-corrected chi connectivity index (χ3v) is 11.6. The highest BCUT2D eigenvalue weighted by molar-refractivity contribution is 7.14. The van der Waals surface area contributed by atoms with Gasteiger partial charge in [0.05, 0.1) is 38.0 Å². The van der Waals surface area contributed by atoms with Gasteiger partial charge in [0.2, 0.25) is 10.3 Å². The number of anilines is 2. The molecule has 0 spiro atoms. The molecular weight excluding hydrogens is 737 g/mol. The molecular formula is C44H42N8O2S2. The maximum Gasteiger partial charge on any atom is 0.203 e. The summed E-state index contributed by atoms with van der Waals surface area (Å²) in [4.78, 5) is 9.46. The number of aryl methyl sites for hydroxylation is 2. The quantitative estimate of drug-likeness (QED) is 0.0610. The van der Waals surface area contributed by atoms with Crippen LogP contribution in [0.3, 0.4) is 0 Å². The third-order valence-electron chi connectivity index (χ3n) is 10.1. The van der Waals surface area contributed by atoms with Crippen molar-refractivity contribution >= 4 is 67.2 Å². The van der Waals surface area contributed by atoms with Gasteiger partial charge in [-0.2, -0.15) is 10.2 Å². The summed E-state index contributed by atoms with van der Waals surface area (Å²) in [6.07, 6.45) is 5.90. The van der Waals surface area contributed by atoms with Crippen LogP contribution in [0.2, 0.25) is 0 Å². The van der Waals surface area contributed by atoms with E-state index in [9.17, 15) is 0 Å². The summed E-state index contributed by atoms with van der Waals surface area (Å²) in [7, 11) is 3.34. The summed E-state index contributed by atoms with van der Waals surface area (Å²) < 4.78 is 15.4. The van der Waals surface area contributed by atoms with Gasteiger partial charge < -0.3 is 18.6 Å². The van der Waals surface area contributed by atoms with Gasteiger partial charge in [-0.1, -0.05) is 36.4 Å². The molecule has 8 rings (SSSR count). The van der Waals surface area contributed by atoms with Gasteiger partial charge in [-0.25, -0.2) is 9.97 Å². The van der Waals surface area contributed by atoms with E-state index in [-0.39, 0.29) is 0 Å². The van der Waals surface area contributed by atoms with Crippen LogP contribution in [0, 0.1) is 13.8 Å². The van der Waals surface area contributed by atoms with E-state index in [0.29, 0.717) is 0 Å². The Morgan fingerprint density at radius 1 is 0.589 bits per heavy atom. The van der Waals surface area contributed by atoms with E-state index < -0.39 is 0 Å². The minimum absolute atomic E-state index is 0.742. The minimum atomic E-state index is 0.742. The summed E-state index contributed by atoms with van der Waals surface area (Å²) in [5, 5.41) is 17.2. The zero-order chi connectivity index (χ0) is 38.4. The van der Waals surface area contributed by atoms with Gasteiger partial charge in [0.15, 0.2) is 0 Å². The molecule has 56 heavy (non-hydrogen) atoms. The van der Waals surface area contributed by atoms with Gasteiger partial charge in [-0.15, -0.1) is 22.7 Å². The van der Waals surface area contributed by atoms with Crippen LogP contribution in [-0.4, -0.2) is 45.8 Å². The van der Waals surface area contributed by atoms with E-state index >= 15 is 0 Å². The van der Waals surface area contributed by atoms with Crippen molar-refractivity contribution in [1.29, 1.82) is 0 Å². The Balaban J connectivity index is 0.917. The van der Waals surface area contributed by atoms with Crippen molar-refractivity contribution in [3.05, 3.63) is 130 Å². The molecule has 4 aromatic carbocycles. The zero-order valence-corrected chi connectivity index (χ0v) is 33.3. The lowest BCUT2D eigenvalue weighted by Gasteiger charge is -2.11. The first-order chi connectivity index (χ1) is 27.5. The first-order valence-corrected chi connectivity index (χ1v) is 20.2. The third kappa shape index (κ3) is 7.66. The molecule has 10 nitrogen and oxygen atoms in total. The van der Waals surface area contributed by atoms with Gasteiger partial charge in [0.25, 0.3) is 0 Å². The van der Waals surface area contributed by atoms with Crippen LogP contribution < -0.4 is 20.3 Å². The maximum atomic E-state index is 5.29. The fraction of sp³-hybridized carbons (Fsp3) is 0.182. The Labute approximate surface area is 333 Å². The molecule has 0 atom stereocenters. The van der Waals surface area contributed by atoms with Crippen LogP contribution in [0.5, 0.6) is 11.5 Å². The average Bonchev–Trinajstić information content (AvgIpc) is 4.03. The number of hydrogen-bond acceptors (Lipinski definition) is 10. The second-order valence-corrected chi connectivity index (χ2v) is 15.0. The van der Waals surface area contributed by atoms with Crippen molar-refractivity contribution in [2.75, 3.05) is 25.1 Å². The maximum absolute atomic E-state index is 5.29.